The summed E-state index contributed by atoms with van der Waals surface area (Å²) in [7, 11) is 1.57. The van der Waals surface area contributed by atoms with Gasteiger partial charge in [0.1, 0.15) is 11.5 Å². The topological polar surface area (TPSA) is 61.8 Å². The van der Waals surface area contributed by atoms with E-state index in [4.69, 9.17) is 14.2 Å². The van der Waals surface area contributed by atoms with Crippen LogP contribution in [-0.2, 0) is 14.9 Å². The van der Waals surface area contributed by atoms with E-state index in [-0.39, 0.29) is 17.8 Å². The molecule has 27 heavy (non-hydrogen) atoms. The third-order valence-corrected chi connectivity index (χ3v) is 4.13. The van der Waals surface area contributed by atoms with Crippen molar-refractivity contribution >= 4 is 11.8 Å². The van der Waals surface area contributed by atoms with Crippen LogP contribution < -0.4 is 9.47 Å². The molecule has 0 aliphatic rings. The minimum atomic E-state index is -0.877. The maximum absolute atomic E-state index is 12.5. The number of rotatable bonds is 7. The largest absolute Gasteiger partial charge is 0.497 e. The van der Waals surface area contributed by atoms with Crippen molar-refractivity contribution in [2.75, 3.05) is 13.7 Å². The summed E-state index contributed by atoms with van der Waals surface area (Å²) in [6.45, 7) is 7.61. The molecule has 0 saturated carbocycles. The molecule has 0 aliphatic carbocycles. The van der Waals surface area contributed by atoms with Gasteiger partial charge in [-0.2, -0.15) is 0 Å². The fraction of sp³-hybridized carbons (Fsp3) is 0.364. The van der Waals surface area contributed by atoms with Crippen molar-refractivity contribution in [1.82, 2.24) is 0 Å². The van der Waals surface area contributed by atoms with Gasteiger partial charge in [-0.3, -0.25) is 4.79 Å². The highest BCUT2D eigenvalue weighted by atomic mass is 16.6. The first-order valence-electron chi connectivity index (χ1n) is 8.82. The lowest BCUT2D eigenvalue weighted by Gasteiger charge is -2.19. The summed E-state index contributed by atoms with van der Waals surface area (Å²) in [5.74, 6) is 0.373. The van der Waals surface area contributed by atoms with E-state index in [2.05, 4.69) is 20.8 Å². The van der Waals surface area contributed by atoms with Gasteiger partial charge in [-0.05, 0) is 42.2 Å². The summed E-state index contributed by atoms with van der Waals surface area (Å²) >= 11 is 0. The van der Waals surface area contributed by atoms with Gasteiger partial charge >= 0.3 is 5.97 Å². The van der Waals surface area contributed by atoms with Crippen molar-refractivity contribution in [1.29, 1.82) is 0 Å². The van der Waals surface area contributed by atoms with E-state index < -0.39 is 12.1 Å². The van der Waals surface area contributed by atoms with E-state index in [0.29, 0.717) is 17.1 Å². The quantitative estimate of drug-likeness (QED) is 0.540. The molecule has 2 aromatic rings. The Bertz CT molecular complexity index is 770. The lowest BCUT2D eigenvalue weighted by atomic mass is 9.86. The average molecular weight is 370 g/mol. The molecule has 5 heteroatoms. The van der Waals surface area contributed by atoms with Gasteiger partial charge in [-0.1, -0.05) is 45.0 Å². The predicted octanol–water partition coefficient (Wildman–Crippen LogP) is 4.19. The second-order valence-corrected chi connectivity index (χ2v) is 7.29. The number of carbonyl (C=O) groups excluding carboxylic acids is 2. The van der Waals surface area contributed by atoms with Gasteiger partial charge in [0.2, 0.25) is 5.78 Å². The molecular weight excluding hydrogens is 344 g/mol. The van der Waals surface area contributed by atoms with E-state index in [1.54, 1.807) is 50.4 Å². The molecule has 0 unspecified atom stereocenters. The Balaban J connectivity index is 1.88. The highest BCUT2D eigenvalue weighted by Gasteiger charge is 2.21. The van der Waals surface area contributed by atoms with Crippen LogP contribution in [0, 0.1) is 0 Å². The van der Waals surface area contributed by atoms with Crippen molar-refractivity contribution in [2.24, 2.45) is 0 Å². The second-order valence-electron chi connectivity index (χ2n) is 7.29. The lowest BCUT2D eigenvalue weighted by Crippen LogP contribution is -2.27. The van der Waals surface area contributed by atoms with Gasteiger partial charge in [0.15, 0.2) is 12.7 Å². The summed E-state index contributed by atoms with van der Waals surface area (Å²) in [6.07, 6.45) is -0.877. The normalized spacial score (nSPS) is 12.2. The molecule has 2 rings (SSSR count). The predicted molar refractivity (Wildman–Crippen MR) is 104 cm³/mol. The van der Waals surface area contributed by atoms with Crippen LogP contribution in [0.15, 0.2) is 48.5 Å². The van der Waals surface area contributed by atoms with E-state index in [1.165, 1.54) is 0 Å². The zero-order valence-corrected chi connectivity index (χ0v) is 16.4. The molecular formula is C22H26O5. The first-order chi connectivity index (χ1) is 12.7. The third kappa shape index (κ3) is 5.84. The number of methoxy groups -OCH3 is 1. The van der Waals surface area contributed by atoms with Gasteiger partial charge in [0.05, 0.1) is 7.11 Å². The standard InChI is InChI=1S/C22H26O5/c1-15(21(24)16-6-8-17(9-7-16)22(2,3)4)27-20(23)14-26-19-12-10-18(25-5)11-13-19/h6-13,15H,14H2,1-5H3/t15-/m0/s1. The zero-order valence-electron chi connectivity index (χ0n) is 16.4. The highest BCUT2D eigenvalue weighted by Crippen LogP contribution is 2.22. The smallest absolute Gasteiger partial charge is 0.344 e. The fourth-order valence-corrected chi connectivity index (χ4v) is 2.47. The highest BCUT2D eigenvalue weighted by molar-refractivity contribution is 6.00. The number of ether oxygens (including phenoxy) is 3. The lowest BCUT2D eigenvalue weighted by molar-refractivity contribution is -0.148. The van der Waals surface area contributed by atoms with Gasteiger partial charge < -0.3 is 14.2 Å². The van der Waals surface area contributed by atoms with E-state index >= 15 is 0 Å². The number of hydrogen-bond donors (Lipinski definition) is 0. The SMILES string of the molecule is COc1ccc(OCC(=O)O[C@@H](C)C(=O)c2ccc(C(C)(C)C)cc2)cc1. The molecule has 0 fully saturated rings. The van der Waals surface area contributed by atoms with Gasteiger partial charge in [-0.25, -0.2) is 4.79 Å². The maximum Gasteiger partial charge on any atom is 0.344 e. The number of esters is 1. The number of Topliss-reactive ketones (excluding diaryl/α,β-unsaturated/α-hetero) is 1. The second kappa shape index (κ2) is 8.71. The van der Waals surface area contributed by atoms with Crippen LogP contribution in [0.1, 0.15) is 43.6 Å². The van der Waals surface area contributed by atoms with Crippen molar-refractivity contribution in [2.45, 2.75) is 39.2 Å². The zero-order chi connectivity index (χ0) is 20.0. The first kappa shape index (κ1) is 20.5. The Hall–Kier alpha value is -2.82. The van der Waals surface area contributed by atoms with E-state index in [1.807, 2.05) is 12.1 Å². The molecule has 144 valence electrons. The van der Waals surface area contributed by atoms with Gasteiger partial charge in [-0.15, -0.1) is 0 Å². The molecule has 5 nitrogen and oxygen atoms in total. The molecule has 0 radical (unpaired) electrons. The minimum Gasteiger partial charge on any atom is -0.497 e. The Labute approximate surface area is 160 Å². The molecule has 2 aromatic carbocycles. The molecule has 0 N–H and O–H groups in total. The van der Waals surface area contributed by atoms with Gasteiger partial charge in [0.25, 0.3) is 0 Å². The van der Waals surface area contributed by atoms with Crippen LogP contribution in [0.3, 0.4) is 0 Å². The van der Waals surface area contributed by atoms with Crippen molar-refractivity contribution in [3.8, 4) is 11.5 Å². The summed E-state index contributed by atoms with van der Waals surface area (Å²) in [6, 6.07) is 14.2. The minimum absolute atomic E-state index is 0.0124. The number of carbonyl (C=O) groups is 2. The van der Waals surface area contributed by atoms with Crippen molar-refractivity contribution in [3.63, 3.8) is 0 Å². The van der Waals surface area contributed by atoms with Crippen LogP contribution in [0.2, 0.25) is 0 Å². The average Bonchev–Trinajstić information content (AvgIpc) is 2.65. The molecule has 1 atom stereocenters. The molecule has 0 spiro atoms. The molecule has 0 bridgehead atoms. The molecule has 0 saturated heterocycles. The first-order valence-corrected chi connectivity index (χ1v) is 8.82. The van der Waals surface area contributed by atoms with Crippen molar-refractivity contribution in [3.05, 3.63) is 59.7 Å². The monoisotopic (exact) mass is 370 g/mol. The van der Waals surface area contributed by atoms with Crippen molar-refractivity contribution < 1.29 is 23.8 Å². The number of hydrogen-bond acceptors (Lipinski definition) is 5. The van der Waals surface area contributed by atoms with Crippen LogP contribution in [0.5, 0.6) is 11.5 Å². The fourth-order valence-electron chi connectivity index (χ4n) is 2.47. The summed E-state index contributed by atoms with van der Waals surface area (Å²) in [5.41, 5.74) is 1.66. The maximum atomic E-state index is 12.5. The van der Waals surface area contributed by atoms with Crippen LogP contribution in [-0.4, -0.2) is 31.6 Å². The Kier molecular flexibility index (Phi) is 6.61. The van der Waals surface area contributed by atoms with E-state index in [0.717, 1.165) is 5.56 Å². The Morgan fingerprint density at radius 2 is 1.48 bits per heavy atom. The summed E-state index contributed by atoms with van der Waals surface area (Å²) < 4.78 is 15.6. The molecule has 0 heterocycles. The molecule has 0 aromatic heterocycles. The number of ketones is 1. The van der Waals surface area contributed by atoms with Crippen LogP contribution in [0.25, 0.3) is 0 Å². The van der Waals surface area contributed by atoms with Crippen LogP contribution >= 0.6 is 0 Å². The van der Waals surface area contributed by atoms with Crippen LogP contribution in [0.4, 0.5) is 0 Å². The van der Waals surface area contributed by atoms with E-state index in [9.17, 15) is 9.59 Å². The molecule has 0 amide bonds. The number of benzene rings is 2. The summed E-state index contributed by atoms with van der Waals surface area (Å²) in [4.78, 5) is 24.4. The molecule has 0 aliphatic heterocycles. The Morgan fingerprint density at radius 3 is 2.00 bits per heavy atom. The Morgan fingerprint density at radius 1 is 0.926 bits per heavy atom. The third-order valence-electron chi connectivity index (χ3n) is 4.13. The summed E-state index contributed by atoms with van der Waals surface area (Å²) in [5, 5.41) is 0. The van der Waals surface area contributed by atoms with Gasteiger partial charge in [0, 0.05) is 5.56 Å².